The molecule has 0 radical (unpaired) electrons. The van der Waals surface area contributed by atoms with Crippen molar-refractivity contribution in [1.82, 2.24) is 20.0 Å². The minimum Gasteiger partial charge on any atom is -0.439 e. The van der Waals surface area contributed by atoms with E-state index in [-0.39, 0.29) is 5.69 Å². The van der Waals surface area contributed by atoms with E-state index in [1.807, 2.05) is 30.3 Å². The summed E-state index contributed by atoms with van der Waals surface area (Å²) >= 11 is 0. The molecule has 0 amide bonds. The second kappa shape index (κ2) is 4.85. The zero-order valence-corrected chi connectivity index (χ0v) is 9.93. The first-order chi connectivity index (χ1) is 9.35. The molecule has 1 aromatic carbocycles. The molecule has 0 aliphatic carbocycles. The Bertz CT molecular complexity index is 688. The number of nitrogens with zero attached hydrogens (tertiary/aromatic N) is 4. The average Bonchev–Trinajstić information content (AvgIpc) is 3.09. The predicted octanol–water partition coefficient (Wildman–Crippen LogP) is 1.79. The number of oxazole rings is 1. The van der Waals surface area contributed by atoms with Gasteiger partial charge in [-0.1, -0.05) is 35.5 Å². The van der Waals surface area contributed by atoms with Gasteiger partial charge < -0.3 is 4.42 Å². The highest BCUT2D eigenvalue weighted by Crippen LogP contribution is 2.19. The maximum absolute atomic E-state index is 10.5. The molecule has 3 rings (SSSR count). The molecule has 0 N–H and O–H groups in total. The van der Waals surface area contributed by atoms with Crippen LogP contribution < -0.4 is 0 Å². The fraction of sp³-hybridized carbons (Fsp3) is 0.0769. The van der Waals surface area contributed by atoms with E-state index in [4.69, 9.17) is 4.42 Å². The number of hydrogen-bond acceptors (Lipinski definition) is 5. The highest BCUT2D eigenvalue weighted by atomic mass is 16.4. The van der Waals surface area contributed by atoms with Gasteiger partial charge in [0.15, 0.2) is 12.0 Å². The maximum Gasteiger partial charge on any atom is 0.216 e. The number of aromatic nitrogens is 4. The van der Waals surface area contributed by atoms with Crippen molar-refractivity contribution >= 4 is 6.29 Å². The monoisotopic (exact) mass is 254 g/mol. The van der Waals surface area contributed by atoms with Gasteiger partial charge in [0, 0.05) is 5.56 Å². The highest BCUT2D eigenvalue weighted by Gasteiger charge is 2.07. The Balaban J connectivity index is 1.80. The molecule has 2 heterocycles. The van der Waals surface area contributed by atoms with Gasteiger partial charge in [0.05, 0.1) is 12.4 Å². The Morgan fingerprint density at radius 3 is 2.84 bits per heavy atom. The van der Waals surface area contributed by atoms with Crippen molar-refractivity contribution in [2.75, 3.05) is 0 Å². The number of hydrogen-bond donors (Lipinski definition) is 0. The number of rotatable bonds is 4. The van der Waals surface area contributed by atoms with Crippen LogP contribution in [-0.4, -0.2) is 26.3 Å². The van der Waals surface area contributed by atoms with Gasteiger partial charge >= 0.3 is 0 Å². The van der Waals surface area contributed by atoms with E-state index in [2.05, 4.69) is 15.3 Å². The zero-order valence-electron chi connectivity index (χ0n) is 9.93. The van der Waals surface area contributed by atoms with E-state index in [0.717, 1.165) is 5.56 Å². The fourth-order valence-corrected chi connectivity index (χ4v) is 1.70. The minimum absolute atomic E-state index is 0.287. The first-order valence-corrected chi connectivity index (χ1v) is 5.70. The van der Waals surface area contributed by atoms with E-state index < -0.39 is 0 Å². The Hall–Kier alpha value is -2.76. The number of carbonyl (C=O) groups excluding carboxylic acids is 1. The molecule has 0 spiro atoms. The van der Waals surface area contributed by atoms with Crippen LogP contribution >= 0.6 is 0 Å². The molecule has 0 bridgehead atoms. The lowest BCUT2D eigenvalue weighted by Crippen LogP contribution is -2.00. The number of benzene rings is 1. The molecule has 2 aromatic heterocycles. The predicted molar refractivity (Wildman–Crippen MR) is 66.5 cm³/mol. The van der Waals surface area contributed by atoms with Gasteiger partial charge in [0.1, 0.15) is 12.2 Å². The molecular formula is C13H10N4O2. The third-order valence-electron chi connectivity index (χ3n) is 2.59. The normalized spacial score (nSPS) is 10.5. The van der Waals surface area contributed by atoms with Crippen molar-refractivity contribution in [2.24, 2.45) is 0 Å². The highest BCUT2D eigenvalue weighted by molar-refractivity contribution is 5.70. The molecule has 19 heavy (non-hydrogen) atoms. The Kier molecular flexibility index (Phi) is 2.89. The van der Waals surface area contributed by atoms with Crippen molar-refractivity contribution in [1.29, 1.82) is 0 Å². The molecule has 94 valence electrons. The van der Waals surface area contributed by atoms with E-state index in [9.17, 15) is 4.79 Å². The first-order valence-electron chi connectivity index (χ1n) is 5.70. The summed E-state index contributed by atoms with van der Waals surface area (Å²) in [6, 6.07) is 9.71. The average molecular weight is 254 g/mol. The Labute approximate surface area is 108 Å². The first kappa shape index (κ1) is 11.3. The van der Waals surface area contributed by atoms with Crippen LogP contribution in [0.2, 0.25) is 0 Å². The lowest BCUT2D eigenvalue weighted by molar-refractivity contribution is 0.111. The van der Waals surface area contributed by atoms with Gasteiger partial charge in [-0.3, -0.25) is 4.79 Å². The molecule has 0 aliphatic rings. The zero-order chi connectivity index (χ0) is 13.1. The summed E-state index contributed by atoms with van der Waals surface area (Å²) < 4.78 is 7.13. The van der Waals surface area contributed by atoms with Gasteiger partial charge in [-0.15, -0.1) is 5.10 Å². The maximum atomic E-state index is 10.5. The van der Waals surface area contributed by atoms with Gasteiger partial charge in [0.2, 0.25) is 5.89 Å². The quantitative estimate of drug-likeness (QED) is 0.663. The summed E-state index contributed by atoms with van der Waals surface area (Å²) in [6.07, 6.45) is 3.86. The largest absolute Gasteiger partial charge is 0.439 e. The van der Waals surface area contributed by atoms with Crippen LogP contribution in [0.5, 0.6) is 0 Å². The molecule has 0 fully saturated rings. The van der Waals surface area contributed by atoms with E-state index >= 15 is 0 Å². The summed E-state index contributed by atoms with van der Waals surface area (Å²) in [5, 5.41) is 7.47. The summed E-state index contributed by atoms with van der Waals surface area (Å²) in [5.41, 5.74) is 1.25. The topological polar surface area (TPSA) is 73.8 Å². The summed E-state index contributed by atoms with van der Waals surface area (Å²) in [7, 11) is 0. The minimum atomic E-state index is 0.287. The second-order valence-corrected chi connectivity index (χ2v) is 3.94. The van der Waals surface area contributed by atoms with Crippen LogP contribution in [0.1, 0.15) is 16.4 Å². The van der Waals surface area contributed by atoms with E-state index in [1.165, 1.54) is 4.68 Å². The third kappa shape index (κ3) is 2.42. The van der Waals surface area contributed by atoms with Gasteiger partial charge in [-0.25, -0.2) is 9.67 Å². The molecule has 0 unspecified atom stereocenters. The smallest absolute Gasteiger partial charge is 0.216 e. The van der Waals surface area contributed by atoms with E-state index in [0.29, 0.717) is 24.5 Å². The van der Waals surface area contributed by atoms with Gasteiger partial charge in [0.25, 0.3) is 0 Å². The summed E-state index contributed by atoms with van der Waals surface area (Å²) in [4.78, 5) is 14.7. The van der Waals surface area contributed by atoms with Crippen molar-refractivity contribution in [3.05, 3.63) is 54.3 Å². The molecule has 0 saturated carbocycles. The SMILES string of the molecule is O=Cc1cn(Cc2ncc(-c3ccccc3)o2)nn1. The van der Waals surface area contributed by atoms with Crippen molar-refractivity contribution in [3.8, 4) is 11.3 Å². The number of carbonyl (C=O) groups is 1. The van der Waals surface area contributed by atoms with Crippen LogP contribution in [0.4, 0.5) is 0 Å². The van der Waals surface area contributed by atoms with E-state index in [1.54, 1.807) is 12.4 Å². The molecular weight excluding hydrogens is 244 g/mol. The molecule has 6 nitrogen and oxygen atoms in total. The molecule has 3 aromatic rings. The van der Waals surface area contributed by atoms with Crippen LogP contribution in [0.25, 0.3) is 11.3 Å². The summed E-state index contributed by atoms with van der Waals surface area (Å²) in [6.45, 7) is 0.341. The van der Waals surface area contributed by atoms with Gasteiger partial charge in [-0.2, -0.15) is 0 Å². The van der Waals surface area contributed by atoms with Crippen LogP contribution in [0.3, 0.4) is 0 Å². The molecule has 0 atom stereocenters. The van der Waals surface area contributed by atoms with Crippen molar-refractivity contribution < 1.29 is 9.21 Å². The molecule has 6 heteroatoms. The second-order valence-electron chi connectivity index (χ2n) is 3.94. The lowest BCUT2D eigenvalue weighted by atomic mass is 10.2. The molecule has 0 aliphatic heterocycles. The Morgan fingerprint density at radius 1 is 1.26 bits per heavy atom. The fourth-order valence-electron chi connectivity index (χ4n) is 1.70. The van der Waals surface area contributed by atoms with Gasteiger partial charge in [-0.05, 0) is 0 Å². The van der Waals surface area contributed by atoms with Crippen molar-refractivity contribution in [2.45, 2.75) is 6.54 Å². The lowest BCUT2D eigenvalue weighted by Gasteiger charge is -1.95. The standard InChI is InChI=1S/C13H10N4O2/c18-9-11-7-17(16-15-11)8-13-14-6-12(19-13)10-4-2-1-3-5-10/h1-7,9H,8H2. The van der Waals surface area contributed by atoms with Crippen molar-refractivity contribution in [3.63, 3.8) is 0 Å². The Morgan fingerprint density at radius 2 is 2.11 bits per heavy atom. The molecule has 0 saturated heterocycles. The third-order valence-corrected chi connectivity index (χ3v) is 2.59. The van der Waals surface area contributed by atoms with Crippen LogP contribution in [-0.2, 0) is 6.54 Å². The number of aldehydes is 1. The van der Waals surface area contributed by atoms with Crippen LogP contribution in [0, 0.1) is 0 Å². The van der Waals surface area contributed by atoms with Crippen LogP contribution in [0.15, 0.2) is 47.1 Å². The summed E-state index contributed by atoms with van der Waals surface area (Å²) in [5.74, 6) is 1.22.